The predicted octanol–water partition coefficient (Wildman–Crippen LogP) is 2.91. The van der Waals surface area contributed by atoms with E-state index in [4.69, 9.17) is 4.74 Å². The molecule has 2 aliphatic rings. The summed E-state index contributed by atoms with van der Waals surface area (Å²) in [5.74, 6) is 0.718. The van der Waals surface area contributed by atoms with Gasteiger partial charge >= 0.3 is 0 Å². The Hall–Kier alpha value is -2.58. The second-order valence-corrected chi connectivity index (χ2v) is 8.41. The van der Waals surface area contributed by atoms with Gasteiger partial charge in [-0.2, -0.15) is 0 Å². The lowest BCUT2D eigenvalue weighted by molar-refractivity contribution is 0.0379. The normalized spacial score (nSPS) is 20.7. The van der Waals surface area contributed by atoms with E-state index in [-0.39, 0.29) is 5.82 Å². The lowest BCUT2D eigenvalue weighted by Crippen LogP contribution is -2.33. The highest BCUT2D eigenvalue weighted by molar-refractivity contribution is 5.82. The van der Waals surface area contributed by atoms with Crippen LogP contribution in [0.2, 0.25) is 0 Å². The van der Waals surface area contributed by atoms with Crippen molar-refractivity contribution in [1.82, 2.24) is 24.4 Å². The molecule has 30 heavy (non-hydrogen) atoms. The maximum atomic E-state index is 13.3. The summed E-state index contributed by atoms with van der Waals surface area (Å²) >= 11 is 0. The molecule has 0 aliphatic carbocycles. The van der Waals surface area contributed by atoms with Crippen molar-refractivity contribution in [2.45, 2.75) is 51.0 Å². The van der Waals surface area contributed by atoms with E-state index in [2.05, 4.69) is 24.4 Å². The first kappa shape index (κ1) is 19.4. The molecule has 2 unspecified atom stereocenters. The van der Waals surface area contributed by atoms with Gasteiger partial charge in [0.25, 0.3) is 0 Å². The number of hydrogen-bond donors (Lipinski definition) is 1. The second kappa shape index (κ2) is 7.28. The number of fused-ring (bicyclic) bond motifs is 5. The summed E-state index contributed by atoms with van der Waals surface area (Å²) in [6, 6.07) is 3.90. The molecule has 0 aromatic carbocycles. The summed E-state index contributed by atoms with van der Waals surface area (Å²) in [6.07, 6.45) is 6.47. The monoisotopic (exact) mass is 411 g/mol. The topological polar surface area (TPSA) is 76.3 Å². The maximum absolute atomic E-state index is 13.3. The molecule has 5 heterocycles. The molecule has 5 rings (SSSR count). The van der Waals surface area contributed by atoms with Crippen LogP contribution in [-0.4, -0.2) is 49.7 Å². The Labute approximate surface area is 174 Å². The molecule has 8 heteroatoms. The minimum absolute atomic E-state index is 0.212. The summed E-state index contributed by atoms with van der Waals surface area (Å²) in [7, 11) is 1.57. The molecule has 7 nitrogen and oxygen atoms in total. The van der Waals surface area contributed by atoms with Crippen LogP contribution in [0.5, 0.6) is 5.88 Å². The highest BCUT2D eigenvalue weighted by Crippen LogP contribution is 2.43. The minimum atomic E-state index is -1.15. The van der Waals surface area contributed by atoms with E-state index in [1.54, 1.807) is 32.5 Å². The molecule has 0 spiro atoms. The smallest absolute Gasteiger partial charge is 0.212 e. The Morgan fingerprint density at radius 2 is 2.13 bits per heavy atom. The summed E-state index contributed by atoms with van der Waals surface area (Å²) in [6.45, 7) is 3.53. The Kier molecular flexibility index (Phi) is 4.71. The molecule has 0 radical (unpaired) electrons. The highest BCUT2D eigenvalue weighted by Gasteiger charge is 2.37. The first-order chi connectivity index (χ1) is 14.5. The number of alkyl halides is 1. The van der Waals surface area contributed by atoms with Gasteiger partial charge in [0.15, 0.2) is 5.82 Å². The van der Waals surface area contributed by atoms with Gasteiger partial charge in [-0.1, -0.05) is 0 Å². The molecule has 2 atom stereocenters. The largest absolute Gasteiger partial charge is 0.481 e. The fourth-order valence-corrected chi connectivity index (χ4v) is 4.99. The number of methoxy groups -OCH3 is 1. The van der Waals surface area contributed by atoms with Gasteiger partial charge in [0, 0.05) is 48.1 Å². The van der Waals surface area contributed by atoms with Crippen molar-refractivity contribution in [2.75, 3.05) is 20.2 Å². The van der Waals surface area contributed by atoms with Crippen molar-refractivity contribution >= 4 is 11.0 Å². The number of rotatable bonds is 5. The van der Waals surface area contributed by atoms with Gasteiger partial charge in [-0.3, -0.25) is 4.90 Å². The minimum Gasteiger partial charge on any atom is -0.481 e. The van der Waals surface area contributed by atoms with E-state index < -0.39 is 12.3 Å². The van der Waals surface area contributed by atoms with Crippen LogP contribution in [0.1, 0.15) is 48.5 Å². The zero-order valence-corrected chi connectivity index (χ0v) is 17.3. The standard InChI is InChI=1S/C22H26FN5O2/c1-22(29,14-5-6-19(30-2)25-11-14)13-28-16-7-9-27-8-3-4-15(27)20(16)21-17(28)12-24-18(10-23)26-21/h5-6,11-12,15,29H,3-4,7-10,13H2,1-2H3. The van der Waals surface area contributed by atoms with Gasteiger partial charge < -0.3 is 14.4 Å². The average molecular weight is 411 g/mol. The maximum Gasteiger partial charge on any atom is 0.212 e. The van der Waals surface area contributed by atoms with Gasteiger partial charge in [0.1, 0.15) is 12.3 Å². The summed E-state index contributed by atoms with van der Waals surface area (Å²) in [5, 5.41) is 11.4. The van der Waals surface area contributed by atoms with Crippen LogP contribution in [-0.2, 0) is 25.2 Å². The van der Waals surface area contributed by atoms with Crippen LogP contribution in [0.15, 0.2) is 24.5 Å². The lowest BCUT2D eigenvalue weighted by Gasteiger charge is -2.32. The van der Waals surface area contributed by atoms with E-state index in [1.165, 1.54) is 11.3 Å². The van der Waals surface area contributed by atoms with E-state index in [0.29, 0.717) is 24.0 Å². The molecule has 3 aromatic heterocycles. The Morgan fingerprint density at radius 1 is 1.27 bits per heavy atom. The number of nitrogens with zero attached hydrogens (tertiary/aromatic N) is 5. The molecule has 1 saturated heterocycles. The number of hydrogen-bond acceptors (Lipinski definition) is 6. The molecule has 1 fully saturated rings. The van der Waals surface area contributed by atoms with Gasteiger partial charge in [-0.05, 0) is 32.4 Å². The lowest BCUT2D eigenvalue weighted by atomic mass is 9.96. The second-order valence-electron chi connectivity index (χ2n) is 8.41. The highest BCUT2D eigenvalue weighted by atomic mass is 19.1. The fourth-order valence-electron chi connectivity index (χ4n) is 4.99. The zero-order valence-electron chi connectivity index (χ0n) is 17.3. The fraction of sp³-hybridized carbons (Fsp3) is 0.500. The SMILES string of the molecule is COc1ccc(C(C)(O)Cn2c3c(c4nc(CF)ncc42)C2CCCN2CC3)cn1. The summed E-state index contributed by atoms with van der Waals surface area (Å²) < 4.78 is 20.6. The van der Waals surface area contributed by atoms with Crippen LogP contribution in [0.4, 0.5) is 4.39 Å². The van der Waals surface area contributed by atoms with E-state index >= 15 is 0 Å². The number of ether oxygens (including phenoxy) is 1. The van der Waals surface area contributed by atoms with Crippen molar-refractivity contribution in [1.29, 1.82) is 0 Å². The van der Waals surface area contributed by atoms with Crippen molar-refractivity contribution < 1.29 is 14.2 Å². The van der Waals surface area contributed by atoms with Gasteiger partial charge in [-0.25, -0.2) is 19.3 Å². The molecular formula is C22H26FN5O2. The molecule has 0 amide bonds. The van der Waals surface area contributed by atoms with Crippen LogP contribution in [0.25, 0.3) is 11.0 Å². The van der Waals surface area contributed by atoms with Crippen molar-refractivity contribution in [3.63, 3.8) is 0 Å². The van der Waals surface area contributed by atoms with Gasteiger partial charge in [-0.15, -0.1) is 0 Å². The third-order valence-corrected chi connectivity index (χ3v) is 6.49. The number of halogens is 1. The average Bonchev–Trinajstić information content (AvgIpc) is 3.36. The Bertz CT molecular complexity index is 1080. The molecule has 158 valence electrons. The van der Waals surface area contributed by atoms with Crippen molar-refractivity contribution in [3.8, 4) is 5.88 Å². The van der Waals surface area contributed by atoms with E-state index in [0.717, 1.165) is 43.4 Å². The van der Waals surface area contributed by atoms with E-state index in [1.807, 2.05) is 6.07 Å². The van der Waals surface area contributed by atoms with E-state index in [9.17, 15) is 9.50 Å². The quantitative estimate of drug-likeness (QED) is 0.696. The predicted molar refractivity (Wildman–Crippen MR) is 110 cm³/mol. The zero-order chi connectivity index (χ0) is 20.9. The molecular weight excluding hydrogens is 385 g/mol. The van der Waals surface area contributed by atoms with Gasteiger partial charge in [0.05, 0.1) is 30.9 Å². The molecule has 0 bridgehead atoms. The molecule has 2 aliphatic heterocycles. The first-order valence-corrected chi connectivity index (χ1v) is 10.4. The third-order valence-electron chi connectivity index (χ3n) is 6.49. The third kappa shape index (κ3) is 3.06. The van der Waals surface area contributed by atoms with Crippen LogP contribution >= 0.6 is 0 Å². The number of aliphatic hydroxyl groups is 1. The van der Waals surface area contributed by atoms with Crippen LogP contribution in [0.3, 0.4) is 0 Å². The first-order valence-electron chi connectivity index (χ1n) is 10.4. The number of aromatic nitrogens is 4. The Morgan fingerprint density at radius 3 is 2.87 bits per heavy atom. The Balaban J connectivity index is 1.62. The molecule has 3 aromatic rings. The van der Waals surface area contributed by atoms with Crippen molar-refractivity contribution in [2.24, 2.45) is 0 Å². The molecule has 1 N–H and O–H groups in total. The van der Waals surface area contributed by atoms with Crippen molar-refractivity contribution in [3.05, 3.63) is 47.2 Å². The van der Waals surface area contributed by atoms with Crippen LogP contribution in [0, 0.1) is 0 Å². The number of pyridine rings is 1. The molecule has 0 saturated carbocycles. The summed E-state index contributed by atoms with van der Waals surface area (Å²) in [5.41, 5.74) is 3.61. The van der Waals surface area contributed by atoms with Crippen LogP contribution < -0.4 is 4.74 Å². The van der Waals surface area contributed by atoms with Gasteiger partial charge in [0.2, 0.25) is 5.88 Å². The summed E-state index contributed by atoms with van der Waals surface area (Å²) in [4.78, 5) is 15.5.